The molecule has 27 heavy (non-hydrogen) atoms. The van der Waals surface area contributed by atoms with Gasteiger partial charge in [-0.05, 0) is 37.1 Å². The summed E-state index contributed by atoms with van der Waals surface area (Å²) in [7, 11) is 2.10. The Morgan fingerprint density at radius 3 is 2.70 bits per heavy atom. The highest BCUT2D eigenvalue weighted by molar-refractivity contribution is 5.83. The van der Waals surface area contributed by atoms with Gasteiger partial charge < -0.3 is 18.8 Å². The van der Waals surface area contributed by atoms with Crippen LogP contribution >= 0.6 is 0 Å². The van der Waals surface area contributed by atoms with Crippen LogP contribution < -0.4 is 20.0 Å². The molecule has 4 rings (SSSR count). The van der Waals surface area contributed by atoms with Gasteiger partial charge in [0.1, 0.15) is 25.3 Å². The van der Waals surface area contributed by atoms with Crippen molar-refractivity contribution in [2.24, 2.45) is 0 Å². The first-order chi connectivity index (χ1) is 13.0. The molecule has 5 nitrogen and oxygen atoms in total. The minimum atomic E-state index is -0.301. The molecule has 1 unspecified atom stereocenters. The largest absolute Gasteiger partial charge is 0.486 e. The number of nitrogens with one attached hydrogen (secondary N) is 1. The number of benzene rings is 2. The van der Waals surface area contributed by atoms with E-state index in [4.69, 9.17) is 13.9 Å². The van der Waals surface area contributed by atoms with E-state index in [9.17, 15) is 4.79 Å². The van der Waals surface area contributed by atoms with Gasteiger partial charge in [0, 0.05) is 17.0 Å². The maximum atomic E-state index is 12.1. The average molecular weight is 366 g/mol. The summed E-state index contributed by atoms with van der Waals surface area (Å²) < 4.78 is 17.3. The number of hydrogen-bond donors (Lipinski definition) is 1. The minimum absolute atomic E-state index is 0.0183. The summed E-state index contributed by atoms with van der Waals surface area (Å²) in [6, 6.07) is 13.5. The summed E-state index contributed by atoms with van der Waals surface area (Å²) >= 11 is 0. The lowest BCUT2D eigenvalue weighted by Gasteiger charge is -2.28. The third-order valence-electron chi connectivity index (χ3n) is 5.15. The standard InChI is InChI=1S/C22H23NO4/c1-14-8-9-18-16(10-21(24)27-22(18)15(14)2)11-23(3)12-17-13-25-19-6-4-5-7-20(19)26-17/h4-10,17H,11-13H2,1-3H3/p+1/t17-/m0/s1. The van der Waals surface area contributed by atoms with Crippen molar-refractivity contribution in [1.29, 1.82) is 0 Å². The molecule has 0 saturated carbocycles. The topological polar surface area (TPSA) is 53.1 Å². The van der Waals surface area contributed by atoms with Gasteiger partial charge in [-0.3, -0.25) is 0 Å². The molecule has 2 atom stereocenters. The van der Waals surface area contributed by atoms with E-state index in [0.717, 1.165) is 40.1 Å². The lowest BCUT2D eigenvalue weighted by molar-refractivity contribution is -0.896. The summed E-state index contributed by atoms with van der Waals surface area (Å²) in [6.07, 6.45) is -0.0183. The van der Waals surface area contributed by atoms with E-state index in [-0.39, 0.29) is 11.7 Å². The lowest BCUT2D eigenvalue weighted by atomic mass is 10.0. The van der Waals surface area contributed by atoms with Gasteiger partial charge in [-0.2, -0.15) is 0 Å². The molecule has 5 heteroatoms. The summed E-state index contributed by atoms with van der Waals surface area (Å²) in [6.45, 7) is 6.04. The predicted octanol–water partition coefficient (Wildman–Crippen LogP) is 2.26. The maximum absolute atomic E-state index is 12.1. The lowest BCUT2D eigenvalue weighted by Crippen LogP contribution is -3.09. The average Bonchev–Trinajstić information content (AvgIpc) is 2.65. The number of rotatable bonds is 4. The molecule has 1 aliphatic heterocycles. The Labute approximate surface area is 158 Å². The van der Waals surface area contributed by atoms with Gasteiger partial charge >= 0.3 is 5.63 Å². The molecule has 1 aromatic heterocycles. The second kappa shape index (κ2) is 7.08. The summed E-state index contributed by atoms with van der Waals surface area (Å²) in [5, 5.41) is 1.00. The van der Waals surface area contributed by atoms with Crippen molar-refractivity contribution >= 4 is 11.0 Å². The molecule has 1 aliphatic rings. The van der Waals surface area contributed by atoms with E-state index < -0.39 is 0 Å². The molecule has 0 aliphatic carbocycles. The van der Waals surface area contributed by atoms with Crippen molar-refractivity contribution in [3.63, 3.8) is 0 Å². The van der Waals surface area contributed by atoms with Gasteiger partial charge in [0.2, 0.25) is 0 Å². The van der Waals surface area contributed by atoms with Gasteiger partial charge in [0.15, 0.2) is 17.6 Å². The van der Waals surface area contributed by atoms with Crippen LogP contribution in [0.3, 0.4) is 0 Å². The van der Waals surface area contributed by atoms with Gasteiger partial charge in [-0.1, -0.05) is 24.3 Å². The highest BCUT2D eigenvalue weighted by Crippen LogP contribution is 2.30. The van der Waals surface area contributed by atoms with Gasteiger partial charge in [0.05, 0.1) is 7.05 Å². The first-order valence-electron chi connectivity index (χ1n) is 9.24. The number of aryl methyl sites for hydroxylation is 2. The Hall–Kier alpha value is -2.79. The molecule has 2 heterocycles. The Balaban J connectivity index is 1.53. The van der Waals surface area contributed by atoms with Gasteiger partial charge in [-0.25, -0.2) is 4.79 Å². The van der Waals surface area contributed by atoms with Crippen LogP contribution in [-0.4, -0.2) is 26.3 Å². The second-order valence-corrected chi connectivity index (χ2v) is 7.31. The third kappa shape index (κ3) is 3.55. The van der Waals surface area contributed by atoms with Crippen molar-refractivity contribution < 1.29 is 18.8 Å². The number of para-hydroxylation sites is 2. The number of hydrogen-bond acceptors (Lipinski definition) is 4. The van der Waals surface area contributed by atoms with Gasteiger partial charge in [-0.15, -0.1) is 0 Å². The number of ether oxygens (including phenoxy) is 2. The molecular formula is C22H24NO4+. The van der Waals surface area contributed by atoms with E-state index in [2.05, 4.69) is 13.1 Å². The first-order valence-corrected chi connectivity index (χ1v) is 9.24. The van der Waals surface area contributed by atoms with Crippen LogP contribution in [-0.2, 0) is 6.54 Å². The SMILES string of the molecule is Cc1ccc2c(C[NH+](C)C[C@H]3COc4ccccc4O3)cc(=O)oc2c1C. The van der Waals surface area contributed by atoms with Crippen molar-refractivity contribution in [3.8, 4) is 11.5 Å². The molecule has 0 spiro atoms. The Kier molecular flexibility index (Phi) is 4.62. The Morgan fingerprint density at radius 2 is 1.89 bits per heavy atom. The van der Waals surface area contributed by atoms with Crippen LogP contribution in [0.25, 0.3) is 11.0 Å². The molecule has 0 saturated heterocycles. The van der Waals surface area contributed by atoms with Gasteiger partial charge in [0.25, 0.3) is 0 Å². The molecule has 0 amide bonds. The van der Waals surface area contributed by atoms with E-state index in [1.165, 1.54) is 4.90 Å². The Morgan fingerprint density at radius 1 is 1.11 bits per heavy atom. The zero-order valence-electron chi connectivity index (χ0n) is 15.9. The molecule has 2 aromatic carbocycles. The van der Waals surface area contributed by atoms with E-state index in [1.807, 2.05) is 44.2 Å². The monoisotopic (exact) mass is 366 g/mol. The molecule has 0 bridgehead atoms. The molecule has 0 fully saturated rings. The fourth-order valence-electron chi connectivity index (χ4n) is 3.62. The highest BCUT2D eigenvalue weighted by atomic mass is 16.6. The second-order valence-electron chi connectivity index (χ2n) is 7.31. The van der Waals surface area contributed by atoms with Crippen LogP contribution in [0.4, 0.5) is 0 Å². The predicted molar refractivity (Wildman–Crippen MR) is 104 cm³/mol. The molecule has 1 N–H and O–H groups in total. The van der Waals surface area contributed by atoms with Crippen molar-refractivity contribution in [2.45, 2.75) is 26.5 Å². The molecular weight excluding hydrogens is 342 g/mol. The van der Waals surface area contributed by atoms with Crippen LogP contribution in [0, 0.1) is 13.8 Å². The fourth-order valence-corrected chi connectivity index (χ4v) is 3.62. The van der Waals surface area contributed by atoms with Crippen molar-refractivity contribution in [1.82, 2.24) is 0 Å². The molecule has 3 aromatic rings. The third-order valence-corrected chi connectivity index (χ3v) is 5.15. The van der Waals surface area contributed by atoms with E-state index in [0.29, 0.717) is 18.7 Å². The molecule has 140 valence electrons. The zero-order valence-corrected chi connectivity index (χ0v) is 15.9. The number of likely N-dealkylation sites (N-methyl/N-ethyl adjacent to an activating group) is 1. The van der Waals surface area contributed by atoms with Crippen LogP contribution in [0.1, 0.15) is 16.7 Å². The van der Waals surface area contributed by atoms with Crippen LogP contribution in [0.2, 0.25) is 0 Å². The maximum Gasteiger partial charge on any atom is 0.336 e. The van der Waals surface area contributed by atoms with E-state index >= 15 is 0 Å². The summed E-state index contributed by atoms with van der Waals surface area (Å²) in [5.74, 6) is 1.59. The van der Waals surface area contributed by atoms with E-state index in [1.54, 1.807) is 6.07 Å². The summed E-state index contributed by atoms with van der Waals surface area (Å²) in [5.41, 5.74) is 3.53. The Bertz CT molecular complexity index is 1040. The number of fused-ring (bicyclic) bond motifs is 2. The minimum Gasteiger partial charge on any atom is -0.486 e. The zero-order chi connectivity index (χ0) is 19.0. The smallest absolute Gasteiger partial charge is 0.336 e. The van der Waals surface area contributed by atoms with Crippen LogP contribution in [0.5, 0.6) is 11.5 Å². The normalized spacial score (nSPS) is 17.1. The van der Waals surface area contributed by atoms with Crippen molar-refractivity contribution in [3.05, 3.63) is 69.6 Å². The highest BCUT2D eigenvalue weighted by Gasteiger charge is 2.24. The fraction of sp³-hybridized carbons (Fsp3) is 0.318. The first kappa shape index (κ1) is 17.6. The summed E-state index contributed by atoms with van der Waals surface area (Å²) in [4.78, 5) is 13.3. The van der Waals surface area contributed by atoms with Crippen LogP contribution in [0.15, 0.2) is 51.7 Å². The van der Waals surface area contributed by atoms with Crippen molar-refractivity contribution in [2.75, 3.05) is 20.2 Å². The molecule has 0 radical (unpaired) electrons. The quantitative estimate of drug-likeness (QED) is 0.720. The number of quaternary nitrogens is 1.